The second kappa shape index (κ2) is 3.46. The minimum absolute atomic E-state index is 0.0586. The lowest BCUT2D eigenvalue weighted by Crippen LogP contribution is -2.05. The van der Waals surface area contributed by atoms with E-state index in [-0.39, 0.29) is 5.56 Å². The second-order valence-electron chi connectivity index (χ2n) is 3.20. The smallest absolute Gasteiger partial charge is 0.248 e. The standard InChI is InChI=1S/C11H10ClNO/c1-2-7-5-11(14)13-10-4-3-8(12)6-9(7)10/h3-6H,2H2,1H3,(H,13,14). The third kappa shape index (κ3) is 1.53. The van der Waals surface area contributed by atoms with Crippen molar-refractivity contribution in [2.45, 2.75) is 13.3 Å². The highest BCUT2D eigenvalue weighted by atomic mass is 35.5. The summed E-state index contributed by atoms with van der Waals surface area (Å²) >= 11 is 5.90. The number of hydrogen-bond donors (Lipinski definition) is 1. The van der Waals surface area contributed by atoms with E-state index in [1.165, 1.54) is 0 Å². The molecular weight excluding hydrogens is 198 g/mol. The van der Waals surface area contributed by atoms with Crippen LogP contribution < -0.4 is 5.56 Å². The first-order valence-corrected chi connectivity index (χ1v) is 4.90. The first kappa shape index (κ1) is 9.28. The van der Waals surface area contributed by atoms with Crippen molar-refractivity contribution >= 4 is 22.5 Å². The highest BCUT2D eigenvalue weighted by molar-refractivity contribution is 6.31. The van der Waals surface area contributed by atoms with E-state index < -0.39 is 0 Å². The number of nitrogens with one attached hydrogen (secondary N) is 1. The van der Waals surface area contributed by atoms with Gasteiger partial charge in [0.1, 0.15) is 0 Å². The van der Waals surface area contributed by atoms with E-state index in [4.69, 9.17) is 11.6 Å². The van der Waals surface area contributed by atoms with Crippen LogP contribution in [0.5, 0.6) is 0 Å². The molecule has 14 heavy (non-hydrogen) atoms. The zero-order valence-corrected chi connectivity index (χ0v) is 8.56. The summed E-state index contributed by atoms with van der Waals surface area (Å²) in [5.74, 6) is 0. The minimum atomic E-state index is -0.0586. The molecular formula is C11H10ClNO. The Labute approximate surface area is 86.5 Å². The highest BCUT2D eigenvalue weighted by Gasteiger charge is 2.01. The van der Waals surface area contributed by atoms with E-state index in [0.717, 1.165) is 22.9 Å². The summed E-state index contributed by atoms with van der Waals surface area (Å²) in [6.45, 7) is 2.02. The topological polar surface area (TPSA) is 32.9 Å². The molecule has 0 radical (unpaired) electrons. The molecule has 0 atom stereocenters. The molecule has 1 heterocycles. The summed E-state index contributed by atoms with van der Waals surface area (Å²) in [5.41, 5.74) is 1.82. The van der Waals surface area contributed by atoms with Crippen LogP contribution >= 0.6 is 11.6 Å². The minimum Gasteiger partial charge on any atom is -0.322 e. The van der Waals surface area contributed by atoms with Crippen molar-refractivity contribution in [1.29, 1.82) is 0 Å². The van der Waals surface area contributed by atoms with Crippen molar-refractivity contribution in [3.05, 3.63) is 45.2 Å². The van der Waals surface area contributed by atoms with Crippen LogP contribution in [-0.2, 0) is 6.42 Å². The Kier molecular flexibility index (Phi) is 2.30. The molecule has 0 unspecified atom stereocenters. The van der Waals surface area contributed by atoms with Gasteiger partial charge in [0.15, 0.2) is 0 Å². The number of aryl methyl sites for hydroxylation is 1. The maximum Gasteiger partial charge on any atom is 0.248 e. The van der Waals surface area contributed by atoms with Gasteiger partial charge < -0.3 is 4.98 Å². The number of halogens is 1. The Balaban J connectivity index is 2.88. The van der Waals surface area contributed by atoms with E-state index in [0.29, 0.717) is 5.02 Å². The fraction of sp³-hybridized carbons (Fsp3) is 0.182. The summed E-state index contributed by atoms with van der Waals surface area (Å²) in [4.78, 5) is 14.0. The molecule has 0 fully saturated rings. The van der Waals surface area contributed by atoms with Crippen LogP contribution in [0, 0.1) is 0 Å². The molecule has 1 aromatic heterocycles. The van der Waals surface area contributed by atoms with E-state index in [9.17, 15) is 4.79 Å². The average Bonchev–Trinajstić information content (AvgIpc) is 2.17. The molecule has 72 valence electrons. The molecule has 2 nitrogen and oxygen atoms in total. The summed E-state index contributed by atoms with van der Waals surface area (Å²) in [5, 5.41) is 1.72. The zero-order chi connectivity index (χ0) is 10.1. The maximum atomic E-state index is 11.3. The van der Waals surface area contributed by atoms with Gasteiger partial charge in [-0.3, -0.25) is 4.79 Å². The fourth-order valence-corrected chi connectivity index (χ4v) is 1.76. The predicted molar refractivity (Wildman–Crippen MR) is 59.0 cm³/mol. The van der Waals surface area contributed by atoms with Crippen LogP contribution in [0.1, 0.15) is 12.5 Å². The second-order valence-corrected chi connectivity index (χ2v) is 3.64. The number of benzene rings is 1. The van der Waals surface area contributed by atoms with Gasteiger partial charge in [-0.2, -0.15) is 0 Å². The number of aromatic amines is 1. The molecule has 1 N–H and O–H groups in total. The van der Waals surface area contributed by atoms with E-state index in [1.807, 2.05) is 19.1 Å². The number of hydrogen-bond acceptors (Lipinski definition) is 1. The molecule has 2 rings (SSSR count). The number of pyridine rings is 1. The monoisotopic (exact) mass is 207 g/mol. The number of rotatable bonds is 1. The summed E-state index contributed by atoms with van der Waals surface area (Å²) < 4.78 is 0. The first-order chi connectivity index (χ1) is 6.70. The number of fused-ring (bicyclic) bond motifs is 1. The van der Waals surface area contributed by atoms with Crippen LogP contribution in [0.4, 0.5) is 0 Å². The molecule has 1 aromatic carbocycles. The quantitative estimate of drug-likeness (QED) is 0.767. The Bertz CT molecular complexity index is 530. The third-order valence-electron chi connectivity index (χ3n) is 2.27. The molecule has 0 bridgehead atoms. The van der Waals surface area contributed by atoms with Crippen molar-refractivity contribution in [2.75, 3.05) is 0 Å². The molecule has 0 saturated heterocycles. The Hall–Kier alpha value is -1.28. The fourth-order valence-electron chi connectivity index (χ4n) is 1.59. The largest absolute Gasteiger partial charge is 0.322 e. The third-order valence-corrected chi connectivity index (χ3v) is 2.51. The lowest BCUT2D eigenvalue weighted by Gasteiger charge is -2.03. The molecule has 0 saturated carbocycles. The van der Waals surface area contributed by atoms with E-state index in [2.05, 4.69) is 4.98 Å². The van der Waals surface area contributed by atoms with Gasteiger partial charge in [0.2, 0.25) is 5.56 Å². The lowest BCUT2D eigenvalue weighted by atomic mass is 10.1. The molecule has 0 aliphatic carbocycles. The van der Waals surface area contributed by atoms with Crippen LogP contribution in [0.25, 0.3) is 10.9 Å². The normalized spacial score (nSPS) is 10.7. The highest BCUT2D eigenvalue weighted by Crippen LogP contribution is 2.20. The predicted octanol–water partition coefficient (Wildman–Crippen LogP) is 2.74. The van der Waals surface area contributed by atoms with Gasteiger partial charge >= 0.3 is 0 Å². The van der Waals surface area contributed by atoms with Crippen LogP contribution in [0.2, 0.25) is 5.02 Å². The molecule has 0 amide bonds. The number of aromatic nitrogens is 1. The van der Waals surface area contributed by atoms with E-state index >= 15 is 0 Å². The van der Waals surface area contributed by atoms with Gasteiger partial charge in [-0.05, 0) is 30.2 Å². The molecule has 3 heteroatoms. The Morgan fingerprint density at radius 3 is 2.86 bits per heavy atom. The zero-order valence-electron chi connectivity index (χ0n) is 7.80. The van der Waals surface area contributed by atoms with Crippen LogP contribution in [0.15, 0.2) is 29.1 Å². The van der Waals surface area contributed by atoms with Crippen molar-refractivity contribution < 1.29 is 0 Å². The van der Waals surface area contributed by atoms with Crippen LogP contribution in [0.3, 0.4) is 0 Å². The van der Waals surface area contributed by atoms with Gasteiger partial charge in [-0.15, -0.1) is 0 Å². The van der Waals surface area contributed by atoms with Gasteiger partial charge in [-0.25, -0.2) is 0 Å². The van der Waals surface area contributed by atoms with Gasteiger partial charge in [0.25, 0.3) is 0 Å². The van der Waals surface area contributed by atoms with Gasteiger partial charge in [0, 0.05) is 22.0 Å². The Morgan fingerprint density at radius 1 is 1.36 bits per heavy atom. The number of H-pyrrole nitrogens is 1. The Morgan fingerprint density at radius 2 is 2.14 bits per heavy atom. The summed E-state index contributed by atoms with van der Waals surface area (Å²) in [6, 6.07) is 7.11. The molecule has 0 aliphatic heterocycles. The van der Waals surface area contributed by atoms with Crippen LogP contribution in [-0.4, -0.2) is 4.98 Å². The molecule has 2 aromatic rings. The van der Waals surface area contributed by atoms with Crippen molar-refractivity contribution in [2.24, 2.45) is 0 Å². The van der Waals surface area contributed by atoms with Crippen molar-refractivity contribution in [3.63, 3.8) is 0 Å². The average molecular weight is 208 g/mol. The summed E-state index contributed by atoms with van der Waals surface area (Å²) in [6.07, 6.45) is 0.834. The summed E-state index contributed by atoms with van der Waals surface area (Å²) in [7, 11) is 0. The van der Waals surface area contributed by atoms with Crippen molar-refractivity contribution in [1.82, 2.24) is 4.98 Å². The lowest BCUT2D eigenvalue weighted by molar-refractivity contribution is 1.13. The SMILES string of the molecule is CCc1cc(=O)[nH]c2ccc(Cl)cc12. The van der Waals surface area contributed by atoms with Gasteiger partial charge in [-0.1, -0.05) is 18.5 Å². The first-order valence-electron chi connectivity index (χ1n) is 4.52. The molecule has 0 aliphatic rings. The van der Waals surface area contributed by atoms with E-state index in [1.54, 1.807) is 12.1 Å². The molecule has 0 spiro atoms. The maximum absolute atomic E-state index is 11.3. The van der Waals surface area contributed by atoms with Crippen molar-refractivity contribution in [3.8, 4) is 0 Å². The van der Waals surface area contributed by atoms with Gasteiger partial charge in [0.05, 0.1) is 0 Å².